The van der Waals surface area contributed by atoms with Gasteiger partial charge >= 0.3 is 0 Å². The van der Waals surface area contributed by atoms with Gasteiger partial charge in [0.2, 0.25) is 0 Å². The Balaban J connectivity index is 2.21. The van der Waals surface area contributed by atoms with E-state index >= 15 is 0 Å². The number of ketones is 1. The van der Waals surface area contributed by atoms with Crippen molar-refractivity contribution in [1.82, 2.24) is 5.32 Å². The largest absolute Gasteiger partial charge is 0.317 e. The maximum absolute atomic E-state index is 11.4. The molecule has 1 atom stereocenters. The number of Topliss-reactive ketones (excluding diaryl/α,β-unsaturated/α-hetero) is 1. The predicted octanol–water partition coefficient (Wildman–Crippen LogP) is 2.14. The first-order valence-electron chi connectivity index (χ1n) is 5.55. The number of nitrogens with one attached hydrogen (secondary N) is 1. The molecule has 76 valence electrons. The molecule has 0 bridgehead atoms. The lowest BCUT2D eigenvalue weighted by molar-refractivity contribution is -0.120. The second kappa shape index (κ2) is 6.14. The van der Waals surface area contributed by atoms with Gasteiger partial charge in [0, 0.05) is 12.8 Å². The van der Waals surface area contributed by atoms with Crippen LogP contribution in [0, 0.1) is 5.92 Å². The minimum atomic E-state index is 0.467. The topological polar surface area (TPSA) is 29.1 Å². The van der Waals surface area contributed by atoms with Crippen molar-refractivity contribution in [3.63, 3.8) is 0 Å². The van der Waals surface area contributed by atoms with Gasteiger partial charge in [-0.15, -0.1) is 0 Å². The molecule has 0 amide bonds. The van der Waals surface area contributed by atoms with Crippen molar-refractivity contribution in [3.8, 4) is 0 Å². The van der Waals surface area contributed by atoms with E-state index in [-0.39, 0.29) is 0 Å². The standard InChI is InChI=1S/C11H21NO/c1-2-4-11(13)9-10-5-3-7-12-8-6-10/h10,12H,2-9H2,1H3. The van der Waals surface area contributed by atoms with E-state index in [4.69, 9.17) is 0 Å². The summed E-state index contributed by atoms with van der Waals surface area (Å²) in [5.74, 6) is 1.13. The summed E-state index contributed by atoms with van der Waals surface area (Å²) < 4.78 is 0. The van der Waals surface area contributed by atoms with Crippen LogP contribution < -0.4 is 5.32 Å². The highest BCUT2D eigenvalue weighted by atomic mass is 16.1. The smallest absolute Gasteiger partial charge is 0.133 e. The summed E-state index contributed by atoms with van der Waals surface area (Å²) in [7, 11) is 0. The first-order chi connectivity index (χ1) is 6.33. The van der Waals surface area contributed by atoms with Crippen molar-refractivity contribution < 1.29 is 4.79 Å². The van der Waals surface area contributed by atoms with Gasteiger partial charge < -0.3 is 5.32 Å². The molecule has 13 heavy (non-hydrogen) atoms. The average molecular weight is 183 g/mol. The molecular weight excluding hydrogens is 162 g/mol. The van der Waals surface area contributed by atoms with Crippen molar-refractivity contribution in [2.75, 3.05) is 13.1 Å². The number of rotatable bonds is 4. The van der Waals surface area contributed by atoms with E-state index in [9.17, 15) is 4.79 Å². The highest BCUT2D eigenvalue weighted by Crippen LogP contribution is 2.18. The van der Waals surface area contributed by atoms with Crippen LogP contribution in [-0.2, 0) is 4.79 Å². The Hall–Kier alpha value is -0.370. The van der Waals surface area contributed by atoms with Gasteiger partial charge in [0.25, 0.3) is 0 Å². The molecule has 1 saturated heterocycles. The third-order valence-corrected chi connectivity index (χ3v) is 2.74. The molecule has 0 aliphatic carbocycles. The summed E-state index contributed by atoms with van der Waals surface area (Å²) in [4.78, 5) is 11.4. The Morgan fingerprint density at radius 2 is 2.23 bits per heavy atom. The van der Waals surface area contributed by atoms with Crippen molar-refractivity contribution >= 4 is 5.78 Å². The normalized spacial score (nSPS) is 23.9. The second-order valence-electron chi connectivity index (χ2n) is 4.04. The number of hydrogen-bond donors (Lipinski definition) is 1. The molecule has 2 heteroatoms. The Bertz CT molecular complexity index is 148. The predicted molar refractivity (Wildman–Crippen MR) is 54.7 cm³/mol. The van der Waals surface area contributed by atoms with Gasteiger partial charge in [-0.05, 0) is 44.7 Å². The van der Waals surface area contributed by atoms with Crippen LogP contribution in [0.2, 0.25) is 0 Å². The maximum atomic E-state index is 11.4. The molecule has 1 fully saturated rings. The molecule has 1 rings (SSSR count). The zero-order valence-electron chi connectivity index (χ0n) is 8.64. The molecule has 0 saturated carbocycles. The fourth-order valence-corrected chi connectivity index (χ4v) is 2.00. The third-order valence-electron chi connectivity index (χ3n) is 2.74. The number of carbonyl (C=O) groups is 1. The van der Waals surface area contributed by atoms with E-state index in [0.717, 1.165) is 32.4 Å². The van der Waals surface area contributed by atoms with Crippen LogP contribution in [0.25, 0.3) is 0 Å². The fraction of sp³-hybridized carbons (Fsp3) is 0.909. The van der Waals surface area contributed by atoms with Crippen LogP contribution in [0.5, 0.6) is 0 Å². The summed E-state index contributed by atoms with van der Waals surface area (Å²) in [5.41, 5.74) is 0. The fourth-order valence-electron chi connectivity index (χ4n) is 2.00. The minimum absolute atomic E-state index is 0.467. The summed E-state index contributed by atoms with van der Waals surface area (Å²) in [5, 5.41) is 3.37. The van der Waals surface area contributed by atoms with E-state index < -0.39 is 0 Å². The molecule has 1 heterocycles. The maximum Gasteiger partial charge on any atom is 0.133 e. The Morgan fingerprint density at radius 3 is 3.00 bits per heavy atom. The van der Waals surface area contributed by atoms with Gasteiger partial charge in [0.05, 0.1) is 0 Å². The minimum Gasteiger partial charge on any atom is -0.317 e. The van der Waals surface area contributed by atoms with E-state index in [1.807, 2.05) is 0 Å². The SMILES string of the molecule is CCCC(=O)CC1CCCNCC1. The van der Waals surface area contributed by atoms with E-state index in [1.54, 1.807) is 0 Å². The molecule has 0 radical (unpaired) electrons. The molecular formula is C11H21NO. The summed E-state index contributed by atoms with van der Waals surface area (Å²) in [6.45, 7) is 4.31. The molecule has 2 nitrogen and oxygen atoms in total. The summed E-state index contributed by atoms with van der Waals surface area (Å²) in [6, 6.07) is 0. The number of carbonyl (C=O) groups excluding carboxylic acids is 1. The first kappa shape index (κ1) is 10.7. The van der Waals surface area contributed by atoms with Crippen molar-refractivity contribution in [1.29, 1.82) is 0 Å². The zero-order chi connectivity index (χ0) is 9.52. The van der Waals surface area contributed by atoms with Crippen LogP contribution in [-0.4, -0.2) is 18.9 Å². The lowest BCUT2D eigenvalue weighted by atomic mass is 9.93. The molecule has 1 unspecified atom stereocenters. The molecule has 0 aromatic heterocycles. The van der Waals surface area contributed by atoms with E-state index in [1.165, 1.54) is 19.3 Å². The molecule has 1 aliphatic rings. The van der Waals surface area contributed by atoms with Gasteiger partial charge in [-0.25, -0.2) is 0 Å². The van der Waals surface area contributed by atoms with Crippen molar-refractivity contribution in [2.45, 2.75) is 45.4 Å². The quantitative estimate of drug-likeness (QED) is 0.723. The van der Waals surface area contributed by atoms with Gasteiger partial charge in [0.1, 0.15) is 5.78 Å². The lowest BCUT2D eigenvalue weighted by Crippen LogP contribution is -2.14. The van der Waals surface area contributed by atoms with E-state index in [0.29, 0.717) is 11.7 Å². The van der Waals surface area contributed by atoms with Crippen LogP contribution >= 0.6 is 0 Å². The highest BCUT2D eigenvalue weighted by Gasteiger charge is 2.14. The Morgan fingerprint density at radius 1 is 1.38 bits per heavy atom. The monoisotopic (exact) mass is 183 g/mol. The lowest BCUT2D eigenvalue weighted by Gasteiger charge is -2.11. The van der Waals surface area contributed by atoms with Gasteiger partial charge in [-0.1, -0.05) is 6.92 Å². The van der Waals surface area contributed by atoms with E-state index in [2.05, 4.69) is 12.2 Å². The Labute approximate surface area is 81.1 Å². The third kappa shape index (κ3) is 4.41. The molecule has 0 aromatic rings. The second-order valence-corrected chi connectivity index (χ2v) is 4.04. The Kier molecular flexibility index (Phi) is 5.06. The molecule has 1 N–H and O–H groups in total. The molecule has 0 spiro atoms. The number of hydrogen-bond acceptors (Lipinski definition) is 2. The van der Waals surface area contributed by atoms with Gasteiger partial charge in [-0.3, -0.25) is 4.79 Å². The summed E-state index contributed by atoms with van der Waals surface area (Å²) in [6.07, 6.45) is 6.28. The van der Waals surface area contributed by atoms with Gasteiger partial charge in [0.15, 0.2) is 0 Å². The van der Waals surface area contributed by atoms with Crippen molar-refractivity contribution in [2.24, 2.45) is 5.92 Å². The zero-order valence-corrected chi connectivity index (χ0v) is 8.64. The van der Waals surface area contributed by atoms with Crippen LogP contribution in [0.15, 0.2) is 0 Å². The molecule has 0 aromatic carbocycles. The summed E-state index contributed by atoms with van der Waals surface area (Å²) >= 11 is 0. The van der Waals surface area contributed by atoms with Crippen LogP contribution in [0.3, 0.4) is 0 Å². The average Bonchev–Trinajstić information content (AvgIpc) is 2.33. The first-order valence-corrected chi connectivity index (χ1v) is 5.55. The van der Waals surface area contributed by atoms with Crippen LogP contribution in [0.4, 0.5) is 0 Å². The molecule has 1 aliphatic heterocycles. The highest BCUT2D eigenvalue weighted by molar-refractivity contribution is 5.78. The van der Waals surface area contributed by atoms with Gasteiger partial charge in [-0.2, -0.15) is 0 Å². The van der Waals surface area contributed by atoms with Crippen LogP contribution in [0.1, 0.15) is 45.4 Å². The van der Waals surface area contributed by atoms with Crippen molar-refractivity contribution in [3.05, 3.63) is 0 Å².